The lowest BCUT2D eigenvalue weighted by atomic mass is 9.77. The van der Waals surface area contributed by atoms with E-state index in [1.165, 1.54) is 0 Å². The summed E-state index contributed by atoms with van der Waals surface area (Å²) in [7, 11) is 0. The van der Waals surface area contributed by atoms with E-state index in [0.29, 0.717) is 12.8 Å². The van der Waals surface area contributed by atoms with Gasteiger partial charge in [-0.3, -0.25) is 4.79 Å². The van der Waals surface area contributed by atoms with E-state index in [-0.39, 0.29) is 18.0 Å². The van der Waals surface area contributed by atoms with Gasteiger partial charge in [-0.05, 0) is 40.0 Å². The number of rotatable bonds is 4. The molecule has 0 unspecified atom stereocenters. The molecule has 16 heavy (non-hydrogen) atoms. The van der Waals surface area contributed by atoms with Crippen molar-refractivity contribution in [3.05, 3.63) is 0 Å². The monoisotopic (exact) mass is 228 g/mol. The zero-order chi connectivity index (χ0) is 12.4. The lowest BCUT2D eigenvalue weighted by Gasteiger charge is -2.38. The number of hydrogen-bond acceptors (Lipinski definition) is 3. The zero-order valence-corrected chi connectivity index (χ0v) is 10.1. The minimum Gasteiger partial charge on any atom is -0.480 e. The van der Waals surface area contributed by atoms with E-state index in [0.717, 1.165) is 6.42 Å². The zero-order valence-electron chi connectivity index (χ0n) is 10.1. The Balaban J connectivity index is 2.42. The molecule has 1 aliphatic rings. The molecule has 5 heteroatoms. The smallest absolute Gasteiger partial charge is 0.329 e. The van der Waals surface area contributed by atoms with Crippen LogP contribution < -0.4 is 10.6 Å². The highest BCUT2D eigenvalue weighted by molar-refractivity contribution is 5.88. The fourth-order valence-electron chi connectivity index (χ4n) is 1.58. The molecule has 0 heterocycles. The second kappa shape index (κ2) is 4.41. The van der Waals surface area contributed by atoms with E-state index in [4.69, 9.17) is 5.11 Å². The molecule has 1 amide bonds. The van der Waals surface area contributed by atoms with Gasteiger partial charge < -0.3 is 15.7 Å². The summed E-state index contributed by atoms with van der Waals surface area (Å²) in [4.78, 5) is 22.6. The van der Waals surface area contributed by atoms with Crippen LogP contribution in [0.4, 0.5) is 0 Å². The molecule has 5 nitrogen and oxygen atoms in total. The van der Waals surface area contributed by atoms with Crippen LogP contribution in [0.1, 0.15) is 40.0 Å². The predicted octanol–water partition coefficient (Wildman–Crippen LogP) is 0.498. The van der Waals surface area contributed by atoms with Gasteiger partial charge in [-0.15, -0.1) is 0 Å². The van der Waals surface area contributed by atoms with Gasteiger partial charge in [0.15, 0.2) is 0 Å². The Labute approximate surface area is 95.6 Å². The molecule has 1 fully saturated rings. The van der Waals surface area contributed by atoms with Crippen molar-refractivity contribution in [2.75, 3.05) is 6.54 Å². The summed E-state index contributed by atoms with van der Waals surface area (Å²) in [5, 5.41) is 14.7. The molecule has 1 saturated carbocycles. The molecule has 0 atom stereocenters. The fraction of sp³-hybridized carbons (Fsp3) is 0.818. The molecule has 0 aromatic heterocycles. The molecule has 0 aliphatic heterocycles. The second-order valence-corrected chi connectivity index (χ2v) is 5.39. The van der Waals surface area contributed by atoms with Crippen LogP contribution in [0.5, 0.6) is 0 Å². The van der Waals surface area contributed by atoms with Crippen LogP contribution in [0, 0.1) is 0 Å². The summed E-state index contributed by atoms with van der Waals surface area (Å²) in [5.41, 5.74) is -1.15. The number of carboxylic acids is 1. The number of aliphatic carboxylic acids is 1. The Morgan fingerprint density at radius 3 is 2.19 bits per heavy atom. The minimum absolute atomic E-state index is 0.145. The van der Waals surface area contributed by atoms with Crippen molar-refractivity contribution >= 4 is 11.9 Å². The van der Waals surface area contributed by atoms with Crippen LogP contribution in [0.25, 0.3) is 0 Å². The Morgan fingerprint density at radius 2 is 1.88 bits per heavy atom. The summed E-state index contributed by atoms with van der Waals surface area (Å²) in [6.07, 6.45) is 1.92. The Bertz CT molecular complexity index is 290. The lowest BCUT2D eigenvalue weighted by molar-refractivity contribution is -0.151. The highest BCUT2D eigenvalue weighted by Gasteiger charge is 2.45. The number of hydrogen-bond donors (Lipinski definition) is 3. The first-order chi connectivity index (χ1) is 7.25. The maximum absolute atomic E-state index is 11.6. The van der Waals surface area contributed by atoms with Crippen LogP contribution in [-0.2, 0) is 9.59 Å². The number of carbonyl (C=O) groups is 2. The number of nitrogens with one attached hydrogen (secondary N) is 2. The van der Waals surface area contributed by atoms with Crippen LogP contribution in [0.15, 0.2) is 0 Å². The van der Waals surface area contributed by atoms with Gasteiger partial charge in [0.25, 0.3) is 0 Å². The molecule has 1 aliphatic carbocycles. The molecule has 0 aromatic carbocycles. The number of carbonyl (C=O) groups excluding carboxylic acids is 1. The van der Waals surface area contributed by atoms with E-state index in [1.54, 1.807) is 0 Å². The van der Waals surface area contributed by atoms with E-state index >= 15 is 0 Å². The molecule has 0 saturated heterocycles. The summed E-state index contributed by atoms with van der Waals surface area (Å²) in [5.74, 6) is -1.18. The molecule has 92 valence electrons. The Kier molecular flexibility index (Phi) is 3.57. The molecular formula is C11H20N2O3. The number of amides is 1. The second-order valence-electron chi connectivity index (χ2n) is 5.39. The average molecular weight is 228 g/mol. The van der Waals surface area contributed by atoms with Crippen LogP contribution in [-0.4, -0.2) is 34.6 Å². The Morgan fingerprint density at radius 1 is 1.31 bits per heavy atom. The third-order valence-corrected chi connectivity index (χ3v) is 2.77. The van der Waals surface area contributed by atoms with Crippen molar-refractivity contribution in [2.24, 2.45) is 0 Å². The summed E-state index contributed by atoms with van der Waals surface area (Å²) in [6.45, 7) is 6.02. The van der Waals surface area contributed by atoms with Crippen molar-refractivity contribution in [3.63, 3.8) is 0 Å². The summed E-state index contributed by atoms with van der Waals surface area (Å²) >= 11 is 0. The highest BCUT2D eigenvalue weighted by Crippen LogP contribution is 2.31. The SMILES string of the molecule is CC(C)(C)NCC(=O)NC1(C(=O)O)CCC1. The molecular weight excluding hydrogens is 208 g/mol. The van der Waals surface area contributed by atoms with Crippen molar-refractivity contribution in [1.29, 1.82) is 0 Å². The summed E-state index contributed by atoms with van der Waals surface area (Å²) < 4.78 is 0. The van der Waals surface area contributed by atoms with Gasteiger partial charge in [-0.2, -0.15) is 0 Å². The van der Waals surface area contributed by atoms with Crippen molar-refractivity contribution < 1.29 is 14.7 Å². The normalized spacial score (nSPS) is 18.7. The third-order valence-electron chi connectivity index (χ3n) is 2.77. The first-order valence-corrected chi connectivity index (χ1v) is 5.55. The fourth-order valence-corrected chi connectivity index (χ4v) is 1.58. The van der Waals surface area contributed by atoms with E-state index < -0.39 is 11.5 Å². The van der Waals surface area contributed by atoms with Gasteiger partial charge >= 0.3 is 5.97 Å². The van der Waals surface area contributed by atoms with Gasteiger partial charge in [-0.25, -0.2) is 4.79 Å². The topological polar surface area (TPSA) is 78.4 Å². The van der Waals surface area contributed by atoms with Gasteiger partial charge in [0, 0.05) is 5.54 Å². The summed E-state index contributed by atoms with van der Waals surface area (Å²) in [6, 6.07) is 0. The molecule has 3 N–H and O–H groups in total. The molecule has 0 aromatic rings. The van der Waals surface area contributed by atoms with Gasteiger partial charge in [0.2, 0.25) is 5.91 Å². The lowest BCUT2D eigenvalue weighted by Crippen LogP contribution is -2.61. The molecule has 0 spiro atoms. The average Bonchev–Trinajstić information content (AvgIpc) is 2.06. The van der Waals surface area contributed by atoms with Crippen molar-refractivity contribution in [2.45, 2.75) is 51.1 Å². The first kappa shape index (κ1) is 13.0. The third kappa shape index (κ3) is 3.20. The number of carboxylic acid groups (broad SMARTS) is 1. The maximum Gasteiger partial charge on any atom is 0.329 e. The maximum atomic E-state index is 11.6. The molecule has 1 rings (SSSR count). The largest absolute Gasteiger partial charge is 0.480 e. The van der Waals surface area contributed by atoms with E-state index in [9.17, 15) is 9.59 Å². The quantitative estimate of drug-likeness (QED) is 0.654. The van der Waals surface area contributed by atoms with Gasteiger partial charge in [0.1, 0.15) is 5.54 Å². The van der Waals surface area contributed by atoms with Crippen LogP contribution in [0.2, 0.25) is 0 Å². The van der Waals surface area contributed by atoms with Gasteiger partial charge in [-0.1, -0.05) is 0 Å². The molecule has 0 radical (unpaired) electrons. The van der Waals surface area contributed by atoms with E-state index in [2.05, 4.69) is 10.6 Å². The molecule has 0 bridgehead atoms. The first-order valence-electron chi connectivity index (χ1n) is 5.55. The van der Waals surface area contributed by atoms with Crippen LogP contribution >= 0.6 is 0 Å². The highest BCUT2D eigenvalue weighted by atomic mass is 16.4. The van der Waals surface area contributed by atoms with E-state index in [1.807, 2.05) is 20.8 Å². The standard InChI is InChI=1S/C11H20N2O3/c1-10(2,3)12-7-8(14)13-11(9(15)16)5-4-6-11/h12H,4-7H2,1-3H3,(H,13,14)(H,15,16). The minimum atomic E-state index is -1.00. The van der Waals surface area contributed by atoms with Crippen molar-refractivity contribution in [3.8, 4) is 0 Å². The van der Waals surface area contributed by atoms with Gasteiger partial charge in [0.05, 0.1) is 6.54 Å². The van der Waals surface area contributed by atoms with Crippen LogP contribution in [0.3, 0.4) is 0 Å². The predicted molar refractivity (Wildman–Crippen MR) is 60.1 cm³/mol. The Hall–Kier alpha value is -1.10. The van der Waals surface area contributed by atoms with Crippen molar-refractivity contribution in [1.82, 2.24) is 10.6 Å².